The molecule has 0 aliphatic carbocycles. The van der Waals surface area contributed by atoms with Gasteiger partial charge in [-0.15, -0.1) is 0 Å². The van der Waals surface area contributed by atoms with Crippen LogP contribution in [-0.2, 0) is 12.8 Å². The van der Waals surface area contributed by atoms with Crippen molar-refractivity contribution in [3.05, 3.63) is 29.3 Å². The van der Waals surface area contributed by atoms with Gasteiger partial charge in [-0.2, -0.15) is 0 Å². The van der Waals surface area contributed by atoms with Crippen molar-refractivity contribution in [2.24, 2.45) is 0 Å². The third-order valence-corrected chi connectivity index (χ3v) is 2.48. The van der Waals surface area contributed by atoms with Crippen LogP contribution in [0.4, 0.5) is 0 Å². The molecule has 0 saturated carbocycles. The van der Waals surface area contributed by atoms with E-state index in [0.717, 1.165) is 24.8 Å². The van der Waals surface area contributed by atoms with Crippen molar-refractivity contribution < 1.29 is 5.11 Å². The lowest BCUT2D eigenvalue weighted by atomic mass is 10.0. The molecule has 0 amide bonds. The van der Waals surface area contributed by atoms with Crippen LogP contribution in [0.1, 0.15) is 44.2 Å². The van der Waals surface area contributed by atoms with E-state index in [-0.39, 0.29) is 0 Å². The lowest BCUT2D eigenvalue weighted by Gasteiger charge is -2.06. The summed E-state index contributed by atoms with van der Waals surface area (Å²) in [6.07, 6.45) is 5.66. The molecule has 78 valence electrons. The molecule has 1 heteroatoms. The van der Waals surface area contributed by atoms with Gasteiger partial charge in [-0.25, -0.2) is 0 Å². The fraction of sp³-hybridized carbons (Fsp3) is 0.538. The van der Waals surface area contributed by atoms with E-state index in [9.17, 15) is 5.11 Å². The summed E-state index contributed by atoms with van der Waals surface area (Å²) in [6.45, 7) is 4.34. The molecule has 0 unspecified atom stereocenters. The van der Waals surface area contributed by atoms with E-state index >= 15 is 0 Å². The van der Waals surface area contributed by atoms with E-state index in [1.165, 1.54) is 18.4 Å². The van der Waals surface area contributed by atoms with Crippen LogP contribution in [0.5, 0.6) is 5.75 Å². The Bertz CT molecular complexity index is 279. The number of hydrogen-bond donors (Lipinski definition) is 1. The average molecular weight is 192 g/mol. The molecule has 0 radical (unpaired) electrons. The Labute approximate surface area is 86.8 Å². The first-order valence-corrected chi connectivity index (χ1v) is 5.58. The fourth-order valence-electron chi connectivity index (χ4n) is 1.64. The summed E-state index contributed by atoms with van der Waals surface area (Å²) in [7, 11) is 0. The van der Waals surface area contributed by atoms with Crippen LogP contribution in [0.25, 0.3) is 0 Å². The largest absolute Gasteiger partial charge is 0.508 e. The molecule has 14 heavy (non-hydrogen) atoms. The molecule has 1 rings (SSSR count). The maximum Gasteiger partial charge on any atom is 0.118 e. The van der Waals surface area contributed by atoms with Gasteiger partial charge in [0.25, 0.3) is 0 Å². The molecule has 1 aromatic carbocycles. The molecule has 0 spiro atoms. The van der Waals surface area contributed by atoms with E-state index < -0.39 is 0 Å². The number of phenols is 1. The molecule has 1 nitrogen and oxygen atoms in total. The highest BCUT2D eigenvalue weighted by Gasteiger charge is 2.01. The molecule has 0 heterocycles. The van der Waals surface area contributed by atoms with Crippen molar-refractivity contribution in [1.29, 1.82) is 0 Å². The normalized spacial score (nSPS) is 10.4. The third-order valence-electron chi connectivity index (χ3n) is 2.48. The highest BCUT2D eigenvalue weighted by molar-refractivity contribution is 5.36. The van der Waals surface area contributed by atoms with Crippen LogP contribution in [-0.4, -0.2) is 5.11 Å². The van der Waals surface area contributed by atoms with Crippen molar-refractivity contribution in [1.82, 2.24) is 0 Å². The Balaban J connectivity index is 2.72. The van der Waals surface area contributed by atoms with Crippen molar-refractivity contribution in [2.45, 2.75) is 46.0 Å². The number of aromatic hydroxyl groups is 1. The average Bonchev–Trinajstić information content (AvgIpc) is 2.19. The Hall–Kier alpha value is -0.980. The predicted octanol–water partition coefficient (Wildman–Crippen LogP) is 3.69. The molecule has 0 aromatic heterocycles. The molecular weight excluding hydrogens is 172 g/mol. The molecule has 0 saturated heterocycles. The second kappa shape index (κ2) is 5.69. The molecule has 1 N–H and O–H groups in total. The third kappa shape index (κ3) is 3.06. The molecule has 0 aliphatic rings. The first-order chi connectivity index (χ1) is 6.77. The summed E-state index contributed by atoms with van der Waals surface area (Å²) < 4.78 is 0. The van der Waals surface area contributed by atoms with Crippen LogP contribution in [0.2, 0.25) is 0 Å². The van der Waals surface area contributed by atoms with Crippen LogP contribution < -0.4 is 0 Å². The van der Waals surface area contributed by atoms with Crippen molar-refractivity contribution >= 4 is 0 Å². The Morgan fingerprint density at radius 3 is 2.50 bits per heavy atom. The summed E-state index contributed by atoms with van der Waals surface area (Å²) in [5, 5.41) is 9.59. The molecule has 0 atom stereocenters. The summed E-state index contributed by atoms with van der Waals surface area (Å²) in [6, 6.07) is 6.01. The van der Waals surface area contributed by atoms with Gasteiger partial charge in [0.15, 0.2) is 0 Å². The zero-order valence-electron chi connectivity index (χ0n) is 9.21. The Morgan fingerprint density at radius 1 is 1.07 bits per heavy atom. The molecule has 0 aliphatic heterocycles. The minimum Gasteiger partial charge on any atom is -0.508 e. The second-order valence-corrected chi connectivity index (χ2v) is 3.82. The number of rotatable bonds is 5. The predicted molar refractivity (Wildman–Crippen MR) is 60.7 cm³/mol. The lowest BCUT2D eigenvalue weighted by Crippen LogP contribution is -1.89. The van der Waals surface area contributed by atoms with Gasteiger partial charge in [-0.05, 0) is 36.5 Å². The molecule has 1 aromatic rings. The quantitative estimate of drug-likeness (QED) is 0.754. The summed E-state index contributed by atoms with van der Waals surface area (Å²) in [5.74, 6) is 0.451. The molecule has 0 fully saturated rings. The Morgan fingerprint density at radius 2 is 1.86 bits per heavy atom. The van der Waals surface area contributed by atoms with Crippen LogP contribution >= 0.6 is 0 Å². The van der Waals surface area contributed by atoms with Crippen LogP contribution in [0.15, 0.2) is 18.2 Å². The van der Waals surface area contributed by atoms with Gasteiger partial charge in [0.2, 0.25) is 0 Å². The smallest absolute Gasteiger partial charge is 0.118 e. The number of hydrogen-bond acceptors (Lipinski definition) is 1. The zero-order chi connectivity index (χ0) is 10.4. The van der Waals surface area contributed by atoms with Gasteiger partial charge < -0.3 is 5.11 Å². The minimum atomic E-state index is 0.451. The lowest BCUT2D eigenvalue weighted by molar-refractivity contribution is 0.467. The highest BCUT2D eigenvalue weighted by atomic mass is 16.3. The van der Waals surface area contributed by atoms with Gasteiger partial charge in [0, 0.05) is 0 Å². The summed E-state index contributed by atoms with van der Waals surface area (Å²) in [5.41, 5.74) is 2.45. The molecule has 0 bridgehead atoms. The molecular formula is C13H20O. The van der Waals surface area contributed by atoms with Gasteiger partial charge in [-0.1, -0.05) is 38.8 Å². The van der Waals surface area contributed by atoms with Crippen LogP contribution in [0.3, 0.4) is 0 Å². The first-order valence-electron chi connectivity index (χ1n) is 5.58. The zero-order valence-corrected chi connectivity index (χ0v) is 9.21. The van der Waals surface area contributed by atoms with E-state index in [1.807, 2.05) is 12.1 Å². The minimum absolute atomic E-state index is 0.451. The SMILES string of the molecule is CCCCc1ccc(O)c(CCC)c1. The second-order valence-electron chi connectivity index (χ2n) is 3.82. The standard InChI is InChI=1S/C13H20O/c1-3-5-7-11-8-9-13(14)12(10-11)6-4-2/h8-10,14H,3-7H2,1-2H3. The van der Waals surface area contributed by atoms with Gasteiger partial charge in [0.1, 0.15) is 5.75 Å². The highest BCUT2D eigenvalue weighted by Crippen LogP contribution is 2.20. The van der Waals surface area contributed by atoms with E-state index in [0.29, 0.717) is 5.75 Å². The number of phenolic OH excluding ortho intramolecular Hbond substituents is 1. The van der Waals surface area contributed by atoms with Gasteiger partial charge >= 0.3 is 0 Å². The summed E-state index contributed by atoms with van der Waals surface area (Å²) in [4.78, 5) is 0. The maximum absolute atomic E-state index is 9.59. The monoisotopic (exact) mass is 192 g/mol. The first kappa shape index (κ1) is 11.1. The number of benzene rings is 1. The van der Waals surface area contributed by atoms with E-state index in [2.05, 4.69) is 19.9 Å². The summed E-state index contributed by atoms with van der Waals surface area (Å²) >= 11 is 0. The topological polar surface area (TPSA) is 20.2 Å². The van der Waals surface area contributed by atoms with Gasteiger partial charge in [0.05, 0.1) is 0 Å². The van der Waals surface area contributed by atoms with E-state index in [1.54, 1.807) is 0 Å². The van der Waals surface area contributed by atoms with Crippen LogP contribution in [0, 0.1) is 0 Å². The fourth-order valence-corrected chi connectivity index (χ4v) is 1.64. The van der Waals surface area contributed by atoms with Crippen molar-refractivity contribution in [3.63, 3.8) is 0 Å². The number of unbranched alkanes of at least 4 members (excludes halogenated alkanes) is 1. The van der Waals surface area contributed by atoms with Gasteiger partial charge in [-0.3, -0.25) is 0 Å². The van der Waals surface area contributed by atoms with Crippen molar-refractivity contribution in [3.8, 4) is 5.75 Å². The Kier molecular flexibility index (Phi) is 4.51. The van der Waals surface area contributed by atoms with E-state index in [4.69, 9.17) is 0 Å². The maximum atomic E-state index is 9.59. The number of aryl methyl sites for hydroxylation is 2. The van der Waals surface area contributed by atoms with Crippen molar-refractivity contribution in [2.75, 3.05) is 0 Å².